The number of hydrogen-bond acceptors (Lipinski definition) is 4. The highest BCUT2D eigenvalue weighted by Gasteiger charge is 2.33. The number of rotatable bonds is 7. The first-order valence-corrected chi connectivity index (χ1v) is 10.5. The topological polar surface area (TPSA) is 72.3 Å². The van der Waals surface area contributed by atoms with Crippen molar-refractivity contribution in [3.63, 3.8) is 0 Å². The number of carbonyl (C=O) groups excluding carboxylic acids is 1. The molecule has 0 aliphatic carbocycles. The fourth-order valence-corrected chi connectivity index (χ4v) is 3.92. The molecule has 1 unspecified atom stereocenters. The molecule has 154 valence electrons. The van der Waals surface area contributed by atoms with Gasteiger partial charge in [-0.3, -0.25) is 4.79 Å². The number of amides is 1. The van der Waals surface area contributed by atoms with Crippen LogP contribution in [0, 0.1) is 0 Å². The number of carbonyl (C=O) groups is 1. The van der Waals surface area contributed by atoms with Crippen molar-refractivity contribution in [1.82, 2.24) is 14.7 Å². The Morgan fingerprint density at radius 1 is 1.18 bits per heavy atom. The van der Waals surface area contributed by atoms with Crippen LogP contribution in [-0.2, 0) is 16.0 Å². The van der Waals surface area contributed by atoms with Crippen LogP contribution in [0.5, 0.6) is 0 Å². The monoisotopic (exact) mass is 417 g/mol. The second-order valence-electron chi connectivity index (χ2n) is 6.33. The van der Waals surface area contributed by atoms with E-state index in [1.165, 1.54) is 35.4 Å². The van der Waals surface area contributed by atoms with Gasteiger partial charge in [0.2, 0.25) is 0 Å². The average molecular weight is 417 g/mol. The summed E-state index contributed by atoms with van der Waals surface area (Å²) in [6, 6.07) is 6.31. The second-order valence-corrected chi connectivity index (χ2v) is 8.73. The van der Waals surface area contributed by atoms with Crippen LogP contribution in [0.15, 0.2) is 36.5 Å². The predicted molar refractivity (Wildman–Crippen MR) is 99.1 cm³/mol. The Labute approximate surface area is 161 Å². The molecule has 0 N–H and O–H groups in total. The lowest BCUT2D eigenvalue weighted by Crippen LogP contribution is -2.42. The van der Waals surface area contributed by atoms with E-state index >= 15 is 0 Å². The van der Waals surface area contributed by atoms with Gasteiger partial charge in [0, 0.05) is 30.1 Å². The molecule has 1 aromatic heterocycles. The van der Waals surface area contributed by atoms with Crippen LogP contribution < -0.4 is 0 Å². The molecular formula is C18H22F3N3O3S. The largest absolute Gasteiger partial charge is 0.435 e. The maximum absolute atomic E-state index is 12.7. The standard InChI is InChI=1S/C18H22F3N3O3S/c1-4-23(13(3)12-28(26,27)5-2)17(25)14-6-8-15(9-7-14)24-11-10-16(22-24)18(19,20)21/h6-11,13H,4-5,12H2,1-3H3. The van der Waals surface area contributed by atoms with Crippen LogP contribution in [0.1, 0.15) is 36.8 Å². The van der Waals surface area contributed by atoms with Gasteiger partial charge in [-0.15, -0.1) is 0 Å². The summed E-state index contributed by atoms with van der Waals surface area (Å²) in [5.41, 5.74) is -0.318. The van der Waals surface area contributed by atoms with E-state index in [1.54, 1.807) is 20.8 Å². The third-order valence-corrected chi connectivity index (χ3v) is 6.20. The van der Waals surface area contributed by atoms with Gasteiger partial charge in [-0.1, -0.05) is 6.92 Å². The van der Waals surface area contributed by atoms with E-state index in [-0.39, 0.29) is 17.4 Å². The van der Waals surface area contributed by atoms with Gasteiger partial charge in [0.25, 0.3) is 5.91 Å². The van der Waals surface area contributed by atoms with Gasteiger partial charge in [0.05, 0.1) is 11.4 Å². The van der Waals surface area contributed by atoms with Crippen LogP contribution in [0.25, 0.3) is 5.69 Å². The van der Waals surface area contributed by atoms with E-state index in [4.69, 9.17) is 0 Å². The van der Waals surface area contributed by atoms with Gasteiger partial charge in [0.15, 0.2) is 15.5 Å². The van der Waals surface area contributed by atoms with Crippen LogP contribution >= 0.6 is 0 Å². The number of hydrogen-bond donors (Lipinski definition) is 0. The number of sulfone groups is 1. The lowest BCUT2D eigenvalue weighted by Gasteiger charge is -2.28. The Kier molecular flexibility index (Phi) is 6.53. The molecule has 10 heteroatoms. The first kappa shape index (κ1) is 21.9. The Morgan fingerprint density at radius 2 is 1.79 bits per heavy atom. The fourth-order valence-electron chi connectivity index (χ4n) is 2.77. The lowest BCUT2D eigenvalue weighted by molar-refractivity contribution is -0.141. The van der Waals surface area contributed by atoms with Crippen molar-refractivity contribution in [1.29, 1.82) is 0 Å². The molecule has 1 amide bonds. The highest BCUT2D eigenvalue weighted by molar-refractivity contribution is 7.91. The van der Waals surface area contributed by atoms with E-state index in [0.29, 0.717) is 17.8 Å². The van der Waals surface area contributed by atoms with E-state index in [0.717, 1.165) is 10.7 Å². The van der Waals surface area contributed by atoms with E-state index in [2.05, 4.69) is 5.10 Å². The maximum atomic E-state index is 12.7. The average Bonchev–Trinajstić information content (AvgIpc) is 3.12. The molecule has 28 heavy (non-hydrogen) atoms. The molecule has 0 saturated carbocycles. The van der Waals surface area contributed by atoms with Crippen molar-refractivity contribution in [2.75, 3.05) is 18.1 Å². The molecule has 0 spiro atoms. The highest BCUT2D eigenvalue weighted by Crippen LogP contribution is 2.28. The summed E-state index contributed by atoms with van der Waals surface area (Å²) in [5, 5.41) is 3.49. The van der Waals surface area contributed by atoms with Crippen molar-refractivity contribution in [3.8, 4) is 5.69 Å². The molecular weight excluding hydrogens is 395 g/mol. The zero-order valence-corrected chi connectivity index (χ0v) is 16.6. The molecule has 2 rings (SSSR count). The van der Waals surface area contributed by atoms with Gasteiger partial charge in [0.1, 0.15) is 0 Å². The molecule has 0 bridgehead atoms. The third-order valence-electron chi connectivity index (χ3n) is 4.33. The van der Waals surface area contributed by atoms with Crippen LogP contribution in [0.2, 0.25) is 0 Å². The SMILES string of the molecule is CCN(C(=O)c1ccc(-n2ccc(C(F)(F)F)n2)cc1)C(C)CS(=O)(=O)CC. The van der Waals surface area contributed by atoms with Gasteiger partial charge < -0.3 is 4.90 Å². The molecule has 0 radical (unpaired) electrons. The molecule has 0 aliphatic heterocycles. The Morgan fingerprint density at radius 3 is 2.25 bits per heavy atom. The number of halogens is 3. The van der Waals surface area contributed by atoms with Crippen molar-refractivity contribution in [2.45, 2.75) is 33.0 Å². The zero-order valence-electron chi connectivity index (χ0n) is 15.8. The summed E-state index contributed by atoms with van der Waals surface area (Å²) in [7, 11) is -3.24. The Bertz CT molecular complexity index is 922. The normalized spacial score (nSPS) is 13.4. The summed E-state index contributed by atoms with van der Waals surface area (Å²) in [6.45, 7) is 5.31. The minimum atomic E-state index is -4.53. The van der Waals surface area contributed by atoms with Gasteiger partial charge in [-0.25, -0.2) is 13.1 Å². The molecule has 1 aromatic carbocycles. The number of benzene rings is 1. The quantitative estimate of drug-likeness (QED) is 0.694. The van der Waals surface area contributed by atoms with Crippen LogP contribution in [-0.4, -0.2) is 53.1 Å². The minimum Gasteiger partial charge on any atom is -0.335 e. The zero-order chi connectivity index (χ0) is 21.1. The number of aromatic nitrogens is 2. The molecule has 0 aliphatic rings. The molecule has 2 aromatic rings. The molecule has 1 atom stereocenters. The Balaban J connectivity index is 2.19. The van der Waals surface area contributed by atoms with Crippen molar-refractivity contribution >= 4 is 15.7 Å². The Hall–Kier alpha value is -2.36. The molecule has 0 saturated heterocycles. The molecule has 6 nitrogen and oxygen atoms in total. The van der Waals surface area contributed by atoms with Crippen LogP contribution in [0.4, 0.5) is 13.2 Å². The minimum absolute atomic E-state index is 0.00155. The summed E-state index contributed by atoms with van der Waals surface area (Å²) in [4.78, 5) is 14.2. The maximum Gasteiger partial charge on any atom is 0.435 e. The summed E-state index contributed by atoms with van der Waals surface area (Å²) in [6.07, 6.45) is -3.34. The van der Waals surface area contributed by atoms with Crippen molar-refractivity contribution < 1.29 is 26.4 Å². The smallest absolute Gasteiger partial charge is 0.335 e. The van der Waals surface area contributed by atoms with E-state index < -0.39 is 27.7 Å². The van der Waals surface area contributed by atoms with Gasteiger partial charge >= 0.3 is 6.18 Å². The highest BCUT2D eigenvalue weighted by atomic mass is 32.2. The number of alkyl halides is 3. The molecule has 1 heterocycles. The van der Waals surface area contributed by atoms with Gasteiger partial charge in [-0.05, 0) is 44.2 Å². The third kappa shape index (κ3) is 5.12. The van der Waals surface area contributed by atoms with Crippen molar-refractivity contribution in [3.05, 3.63) is 47.8 Å². The summed E-state index contributed by atoms with van der Waals surface area (Å²) < 4.78 is 62.7. The predicted octanol–water partition coefficient (Wildman–Crippen LogP) is 3.18. The second kappa shape index (κ2) is 8.34. The number of nitrogens with zero attached hydrogens (tertiary/aromatic N) is 3. The first-order valence-electron chi connectivity index (χ1n) is 8.73. The molecule has 0 fully saturated rings. The van der Waals surface area contributed by atoms with E-state index in [1.807, 2.05) is 0 Å². The summed E-state index contributed by atoms with van der Waals surface area (Å²) in [5.74, 6) is -0.472. The lowest BCUT2D eigenvalue weighted by atomic mass is 10.1. The van der Waals surface area contributed by atoms with E-state index in [9.17, 15) is 26.4 Å². The summed E-state index contributed by atoms with van der Waals surface area (Å²) >= 11 is 0. The fraction of sp³-hybridized carbons (Fsp3) is 0.444. The van der Waals surface area contributed by atoms with Gasteiger partial charge in [-0.2, -0.15) is 18.3 Å². The van der Waals surface area contributed by atoms with Crippen LogP contribution in [0.3, 0.4) is 0 Å². The first-order chi connectivity index (χ1) is 13.0. The van der Waals surface area contributed by atoms with Crippen molar-refractivity contribution in [2.24, 2.45) is 0 Å².